The van der Waals surface area contributed by atoms with E-state index in [-0.39, 0.29) is 23.8 Å². The van der Waals surface area contributed by atoms with E-state index in [0.29, 0.717) is 6.54 Å². The third kappa shape index (κ3) is 3.81. The second kappa shape index (κ2) is 6.71. The Hall–Kier alpha value is -1.89. The number of piperidine rings is 1. The molecule has 1 saturated heterocycles. The van der Waals surface area contributed by atoms with Gasteiger partial charge in [0.25, 0.3) is 5.91 Å². The second-order valence-electron chi connectivity index (χ2n) is 5.59. The Labute approximate surface area is 123 Å². The van der Waals surface area contributed by atoms with Crippen LogP contribution >= 0.6 is 0 Å². The van der Waals surface area contributed by atoms with Gasteiger partial charge in [0, 0.05) is 18.6 Å². The lowest BCUT2D eigenvalue weighted by Crippen LogP contribution is -2.48. The minimum atomic E-state index is -0.640. The van der Waals surface area contributed by atoms with Crippen LogP contribution in [0.4, 0.5) is 5.88 Å². The number of hydrogen-bond donors (Lipinski definition) is 1. The molecule has 7 heteroatoms. The predicted molar refractivity (Wildman–Crippen MR) is 77.2 cm³/mol. The van der Waals surface area contributed by atoms with Crippen LogP contribution < -0.4 is 5.32 Å². The first kappa shape index (κ1) is 15.5. The van der Waals surface area contributed by atoms with Crippen LogP contribution in [0.15, 0.2) is 16.5 Å². The van der Waals surface area contributed by atoms with Crippen LogP contribution in [0.25, 0.3) is 0 Å². The number of furan rings is 1. The van der Waals surface area contributed by atoms with Gasteiger partial charge in [-0.1, -0.05) is 6.42 Å². The molecule has 0 spiro atoms. The molecule has 1 aliphatic heterocycles. The van der Waals surface area contributed by atoms with Gasteiger partial charge in [0.15, 0.2) is 5.76 Å². The van der Waals surface area contributed by atoms with Crippen molar-refractivity contribution in [3.63, 3.8) is 0 Å². The molecule has 0 bridgehead atoms. The molecule has 1 fully saturated rings. The summed E-state index contributed by atoms with van der Waals surface area (Å²) >= 11 is 0. The number of rotatable bonds is 5. The van der Waals surface area contributed by atoms with Crippen molar-refractivity contribution in [1.29, 1.82) is 0 Å². The van der Waals surface area contributed by atoms with Crippen molar-refractivity contribution < 1.29 is 14.1 Å². The van der Waals surface area contributed by atoms with Gasteiger partial charge in [-0.2, -0.15) is 0 Å². The van der Waals surface area contributed by atoms with E-state index in [1.165, 1.54) is 12.1 Å². The maximum absolute atomic E-state index is 12.5. The molecular formula is C14H21N3O4. The highest BCUT2D eigenvalue weighted by molar-refractivity contribution is 5.92. The molecule has 2 heterocycles. The highest BCUT2D eigenvalue weighted by Crippen LogP contribution is 2.19. The third-order valence-electron chi connectivity index (χ3n) is 3.70. The van der Waals surface area contributed by atoms with E-state index in [1.54, 1.807) is 4.90 Å². The number of nitrogens with one attached hydrogen (secondary N) is 1. The lowest BCUT2D eigenvalue weighted by molar-refractivity contribution is -0.402. The largest absolute Gasteiger partial charge is 0.433 e. The minimum absolute atomic E-state index is 0.00498. The van der Waals surface area contributed by atoms with E-state index >= 15 is 0 Å². The smallest absolute Gasteiger partial charge is 0.395 e. The van der Waals surface area contributed by atoms with Gasteiger partial charge in [-0.25, -0.2) is 0 Å². The van der Waals surface area contributed by atoms with E-state index in [2.05, 4.69) is 5.32 Å². The quantitative estimate of drug-likeness (QED) is 0.664. The van der Waals surface area contributed by atoms with E-state index in [1.807, 2.05) is 13.8 Å². The van der Waals surface area contributed by atoms with Crippen LogP contribution in [-0.2, 0) is 0 Å². The molecule has 116 valence electrons. The summed E-state index contributed by atoms with van der Waals surface area (Å²) in [5.41, 5.74) is 0. The maximum atomic E-state index is 12.5. The van der Waals surface area contributed by atoms with Crippen molar-refractivity contribution in [1.82, 2.24) is 10.2 Å². The fourth-order valence-corrected chi connectivity index (χ4v) is 2.53. The van der Waals surface area contributed by atoms with Gasteiger partial charge < -0.3 is 14.6 Å². The molecule has 1 aromatic heterocycles. The molecule has 1 amide bonds. The van der Waals surface area contributed by atoms with Crippen LogP contribution in [-0.4, -0.2) is 40.9 Å². The molecule has 0 radical (unpaired) electrons. The van der Waals surface area contributed by atoms with Gasteiger partial charge >= 0.3 is 5.88 Å². The molecule has 0 saturated carbocycles. The normalized spacial score (nSPS) is 18.7. The molecule has 1 atom stereocenters. The third-order valence-corrected chi connectivity index (χ3v) is 3.70. The predicted octanol–water partition coefficient (Wildman–Crippen LogP) is 2.18. The second-order valence-corrected chi connectivity index (χ2v) is 5.59. The average Bonchev–Trinajstić information content (AvgIpc) is 2.95. The fourth-order valence-electron chi connectivity index (χ4n) is 2.53. The van der Waals surface area contributed by atoms with Crippen molar-refractivity contribution in [2.24, 2.45) is 0 Å². The van der Waals surface area contributed by atoms with Crippen molar-refractivity contribution in [3.05, 3.63) is 28.0 Å². The summed E-state index contributed by atoms with van der Waals surface area (Å²) in [5, 5.41) is 14.0. The Morgan fingerprint density at radius 1 is 1.52 bits per heavy atom. The van der Waals surface area contributed by atoms with E-state index in [4.69, 9.17) is 4.42 Å². The minimum Gasteiger partial charge on any atom is -0.395 e. The molecular weight excluding hydrogens is 274 g/mol. The molecule has 1 N–H and O–H groups in total. The molecule has 21 heavy (non-hydrogen) atoms. The highest BCUT2D eigenvalue weighted by Gasteiger charge is 2.27. The Bertz CT molecular complexity index is 506. The first-order valence-corrected chi connectivity index (χ1v) is 7.27. The van der Waals surface area contributed by atoms with Crippen molar-refractivity contribution in [2.45, 2.75) is 45.2 Å². The summed E-state index contributed by atoms with van der Waals surface area (Å²) in [6.07, 6.45) is 3.36. The summed E-state index contributed by atoms with van der Waals surface area (Å²) < 4.78 is 5.02. The summed E-state index contributed by atoms with van der Waals surface area (Å²) in [7, 11) is 0. The number of nitro groups is 1. The maximum Gasteiger partial charge on any atom is 0.433 e. The lowest BCUT2D eigenvalue weighted by Gasteiger charge is -2.32. The zero-order chi connectivity index (χ0) is 15.4. The Kier molecular flexibility index (Phi) is 4.95. The number of hydrogen-bond acceptors (Lipinski definition) is 5. The zero-order valence-electron chi connectivity index (χ0n) is 12.4. The van der Waals surface area contributed by atoms with Crippen LogP contribution in [0.3, 0.4) is 0 Å². The van der Waals surface area contributed by atoms with Gasteiger partial charge in [-0.15, -0.1) is 0 Å². The summed E-state index contributed by atoms with van der Waals surface area (Å²) in [6.45, 7) is 5.41. The van der Waals surface area contributed by atoms with Gasteiger partial charge in [0.05, 0.1) is 6.07 Å². The van der Waals surface area contributed by atoms with Crippen molar-refractivity contribution in [2.75, 3.05) is 13.1 Å². The number of carbonyl (C=O) groups is 1. The Morgan fingerprint density at radius 2 is 2.29 bits per heavy atom. The van der Waals surface area contributed by atoms with Gasteiger partial charge in [-0.05, 0) is 39.3 Å². The van der Waals surface area contributed by atoms with Crippen LogP contribution in [0, 0.1) is 10.1 Å². The molecule has 1 aliphatic rings. The Balaban J connectivity index is 2.08. The summed E-state index contributed by atoms with van der Waals surface area (Å²) in [4.78, 5) is 24.2. The summed E-state index contributed by atoms with van der Waals surface area (Å²) in [6, 6.07) is 2.86. The summed E-state index contributed by atoms with van der Waals surface area (Å²) in [5.74, 6) is -0.686. The molecule has 0 aromatic carbocycles. The monoisotopic (exact) mass is 295 g/mol. The topological polar surface area (TPSA) is 88.6 Å². The van der Waals surface area contributed by atoms with E-state index in [0.717, 1.165) is 25.8 Å². The van der Waals surface area contributed by atoms with E-state index in [9.17, 15) is 14.9 Å². The van der Waals surface area contributed by atoms with Crippen LogP contribution in [0.1, 0.15) is 43.7 Å². The highest BCUT2D eigenvalue weighted by atomic mass is 16.6. The molecule has 2 rings (SSSR count). The van der Waals surface area contributed by atoms with Crippen molar-refractivity contribution in [3.8, 4) is 0 Å². The van der Waals surface area contributed by atoms with E-state index < -0.39 is 10.8 Å². The lowest BCUT2D eigenvalue weighted by atomic mass is 10.0. The standard InChI is InChI=1S/C14H21N3O4/c1-10(2)16(9-11-5-3-4-8-15-11)14(18)12-6-7-13(21-12)17(19)20/h6-7,10-11,15H,3-5,8-9H2,1-2H3. The number of carbonyl (C=O) groups excluding carboxylic acids is 1. The molecule has 7 nitrogen and oxygen atoms in total. The molecule has 1 unspecified atom stereocenters. The Morgan fingerprint density at radius 3 is 2.81 bits per heavy atom. The molecule has 0 aliphatic carbocycles. The first-order valence-electron chi connectivity index (χ1n) is 7.27. The SMILES string of the molecule is CC(C)N(CC1CCCCN1)C(=O)c1ccc([N+](=O)[O-])o1. The molecule has 1 aromatic rings. The van der Waals surface area contributed by atoms with Gasteiger partial charge in [-0.3, -0.25) is 14.9 Å². The number of amides is 1. The van der Waals surface area contributed by atoms with Gasteiger partial charge in [0.1, 0.15) is 4.92 Å². The average molecular weight is 295 g/mol. The van der Waals surface area contributed by atoms with Gasteiger partial charge in [0.2, 0.25) is 0 Å². The fraction of sp³-hybridized carbons (Fsp3) is 0.643. The number of nitrogens with zero attached hydrogens (tertiary/aromatic N) is 2. The zero-order valence-corrected chi connectivity index (χ0v) is 12.4. The van der Waals surface area contributed by atoms with Crippen LogP contribution in [0.2, 0.25) is 0 Å². The first-order chi connectivity index (χ1) is 9.99. The van der Waals surface area contributed by atoms with Crippen LogP contribution in [0.5, 0.6) is 0 Å². The van der Waals surface area contributed by atoms with Crippen molar-refractivity contribution >= 4 is 11.8 Å².